The maximum Gasteiger partial charge on any atom is 0.255 e. The van der Waals surface area contributed by atoms with E-state index in [4.69, 9.17) is 5.84 Å². The van der Waals surface area contributed by atoms with Crippen LogP contribution in [0.1, 0.15) is 0 Å². The van der Waals surface area contributed by atoms with Gasteiger partial charge in [-0.2, -0.15) is 5.10 Å². The lowest BCUT2D eigenvalue weighted by atomic mass is 10.3. The van der Waals surface area contributed by atoms with Crippen LogP contribution in [-0.4, -0.2) is 15.7 Å². The fourth-order valence-corrected chi connectivity index (χ4v) is 1.29. The summed E-state index contributed by atoms with van der Waals surface area (Å²) in [6.07, 6.45) is 1.81. The number of fused-ring (bicyclic) bond motifs is 1. The maximum absolute atomic E-state index is 11.0. The van der Waals surface area contributed by atoms with Gasteiger partial charge in [-0.05, 0) is 6.07 Å². The SMILES string of the molecule is NNC(=O)Cn1cc2ccccc2n1. The third-order valence-electron chi connectivity index (χ3n) is 1.93. The van der Waals surface area contributed by atoms with Gasteiger partial charge in [0.15, 0.2) is 0 Å². The van der Waals surface area contributed by atoms with Gasteiger partial charge >= 0.3 is 0 Å². The minimum absolute atomic E-state index is 0.144. The zero-order valence-corrected chi connectivity index (χ0v) is 7.47. The molecule has 0 aliphatic carbocycles. The summed E-state index contributed by atoms with van der Waals surface area (Å²) < 4.78 is 1.56. The molecule has 5 heteroatoms. The van der Waals surface area contributed by atoms with E-state index in [-0.39, 0.29) is 12.5 Å². The Hall–Kier alpha value is -1.88. The van der Waals surface area contributed by atoms with Crippen molar-refractivity contribution in [2.24, 2.45) is 5.84 Å². The number of benzene rings is 1. The molecule has 0 aliphatic rings. The van der Waals surface area contributed by atoms with Crippen LogP contribution >= 0.6 is 0 Å². The molecule has 2 rings (SSSR count). The highest BCUT2D eigenvalue weighted by molar-refractivity contribution is 5.79. The Morgan fingerprint density at radius 2 is 2.29 bits per heavy atom. The molecule has 1 heterocycles. The van der Waals surface area contributed by atoms with Gasteiger partial charge in [-0.1, -0.05) is 18.2 Å². The summed E-state index contributed by atoms with van der Waals surface area (Å²) in [4.78, 5) is 11.0. The van der Waals surface area contributed by atoms with Crippen LogP contribution in [0.5, 0.6) is 0 Å². The molecule has 0 fully saturated rings. The molecule has 5 nitrogen and oxygen atoms in total. The molecule has 2 aromatic rings. The molecule has 3 N–H and O–H groups in total. The molecule has 0 radical (unpaired) electrons. The third-order valence-corrected chi connectivity index (χ3v) is 1.93. The average molecular weight is 190 g/mol. The number of carbonyl (C=O) groups is 1. The minimum Gasteiger partial charge on any atom is -0.293 e. The van der Waals surface area contributed by atoms with E-state index in [9.17, 15) is 4.79 Å². The van der Waals surface area contributed by atoms with E-state index >= 15 is 0 Å². The van der Waals surface area contributed by atoms with Crippen LogP contribution in [0.25, 0.3) is 10.9 Å². The Balaban J connectivity index is 2.31. The van der Waals surface area contributed by atoms with Crippen molar-refractivity contribution < 1.29 is 4.79 Å². The van der Waals surface area contributed by atoms with E-state index in [1.54, 1.807) is 4.68 Å². The zero-order valence-electron chi connectivity index (χ0n) is 7.47. The third kappa shape index (κ3) is 1.57. The summed E-state index contributed by atoms with van der Waals surface area (Å²) in [5.74, 6) is 4.71. The van der Waals surface area contributed by atoms with Crippen molar-refractivity contribution in [3.63, 3.8) is 0 Å². The van der Waals surface area contributed by atoms with E-state index in [0.29, 0.717) is 0 Å². The Morgan fingerprint density at radius 3 is 3.00 bits per heavy atom. The van der Waals surface area contributed by atoms with Gasteiger partial charge in [0, 0.05) is 11.6 Å². The monoisotopic (exact) mass is 190 g/mol. The Bertz CT molecular complexity index is 430. The van der Waals surface area contributed by atoms with Gasteiger partial charge in [0.1, 0.15) is 6.54 Å². The van der Waals surface area contributed by atoms with E-state index in [1.807, 2.05) is 30.5 Å². The summed E-state index contributed by atoms with van der Waals surface area (Å²) in [6, 6.07) is 7.67. The second-order valence-corrected chi connectivity index (χ2v) is 2.95. The second kappa shape index (κ2) is 3.47. The highest BCUT2D eigenvalue weighted by Gasteiger charge is 2.02. The van der Waals surface area contributed by atoms with Crippen molar-refractivity contribution in [2.75, 3.05) is 0 Å². The lowest BCUT2D eigenvalue weighted by Gasteiger charge is -1.97. The number of hydrogen-bond donors (Lipinski definition) is 2. The summed E-state index contributed by atoms with van der Waals surface area (Å²) in [7, 11) is 0. The molecule has 14 heavy (non-hydrogen) atoms. The number of aromatic nitrogens is 2. The standard InChI is InChI=1S/C9H10N4O/c10-11-9(14)6-13-5-7-3-1-2-4-8(7)12-13/h1-5H,6,10H2,(H,11,14). The fraction of sp³-hybridized carbons (Fsp3) is 0.111. The van der Waals surface area contributed by atoms with Crippen LogP contribution in [0, 0.1) is 0 Å². The lowest BCUT2D eigenvalue weighted by molar-refractivity contribution is -0.121. The van der Waals surface area contributed by atoms with E-state index in [1.165, 1.54) is 0 Å². The van der Waals surface area contributed by atoms with Crippen LogP contribution in [0.15, 0.2) is 30.5 Å². The molecule has 72 valence electrons. The van der Waals surface area contributed by atoms with Crippen LogP contribution in [0.2, 0.25) is 0 Å². The van der Waals surface area contributed by atoms with Gasteiger partial charge in [-0.15, -0.1) is 0 Å². The smallest absolute Gasteiger partial charge is 0.255 e. The summed E-state index contributed by atoms with van der Waals surface area (Å²) in [6.45, 7) is 0.144. The van der Waals surface area contributed by atoms with Crippen LogP contribution < -0.4 is 11.3 Å². The van der Waals surface area contributed by atoms with E-state index in [0.717, 1.165) is 10.9 Å². The summed E-state index contributed by atoms with van der Waals surface area (Å²) >= 11 is 0. The first-order chi connectivity index (χ1) is 6.79. The second-order valence-electron chi connectivity index (χ2n) is 2.95. The molecule has 0 bridgehead atoms. The van der Waals surface area contributed by atoms with Crippen LogP contribution in [0.3, 0.4) is 0 Å². The van der Waals surface area contributed by atoms with Gasteiger partial charge in [-0.25, -0.2) is 5.84 Å². The Morgan fingerprint density at radius 1 is 1.50 bits per heavy atom. The molecule has 1 aromatic heterocycles. The molecule has 0 spiro atoms. The van der Waals surface area contributed by atoms with Crippen molar-refractivity contribution in [3.8, 4) is 0 Å². The highest BCUT2D eigenvalue weighted by atomic mass is 16.2. The van der Waals surface area contributed by atoms with Crippen molar-refractivity contribution in [2.45, 2.75) is 6.54 Å². The quantitative estimate of drug-likeness (QED) is 0.398. The number of carbonyl (C=O) groups excluding carboxylic acids is 1. The maximum atomic E-state index is 11.0. The van der Waals surface area contributed by atoms with Gasteiger partial charge in [0.2, 0.25) is 0 Å². The molecule has 1 aromatic carbocycles. The number of hydrazine groups is 1. The number of nitrogens with one attached hydrogen (secondary N) is 1. The molecule has 0 atom stereocenters. The number of rotatable bonds is 2. The molecule has 0 unspecified atom stereocenters. The van der Waals surface area contributed by atoms with Crippen molar-refractivity contribution in [3.05, 3.63) is 30.5 Å². The largest absolute Gasteiger partial charge is 0.293 e. The van der Waals surface area contributed by atoms with Crippen LogP contribution in [0.4, 0.5) is 0 Å². The molecule has 0 saturated heterocycles. The van der Waals surface area contributed by atoms with E-state index in [2.05, 4.69) is 10.5 Å². The number of nitrogens with zero attached hydrogens (tertiary/aromatic N) is 2. The first-order valence-electron chi connectivity index (χ1n) is 4.21. The zero-order chi connectivity index (χ0) is 9.97. The minimum atomic E-state index is -0.266. The van der Waals surface area contributed by atoms with E-state index < -0.39 is 0 Å². The summed E-state index contributed by atoms with van der Waals surface area (Å²) in [5.41, 5.74) is 2.93. The molecular formula is C9H10N4O. The van der Waals surface area contributed by atoms with Gasteiger partial charge in [0.05, 0.1) is 5.52 Å². The predicted octanol–water partition coefficient (Wildman–Crippen LogP) is 0.0262. The summed E-state index contributed by atoms with van der Waals surface area (Å²) in [5, 5.41) is 5.21. The highest BCUT2D eigenvalue weighted by Crippen LogP contribution is 2.10. The molecule has 1 amide bonds. The molecule has 0 aliphatic heterocycles. The average Bonchev–Trinajstić information content (AvgIpc) is 2.59. The Kier molecular flexibility index (Phi) is 2.16. The molecule has 0 saturated carbocycles. The normalized spacial score (nSPS) is 10.4. The number of hydrogen-bond acceptors (Lipinski definition) is 3. The lowest BCUT2D eigenvalue weighted by Crippen LogP contribution is -2.33. The van der Waals surface area contributed by atoms with Crippen LogP contribution in [-0.2, 0) is 11.3 Å². The van der Waals surface area contributed by atoms with Gasteiger partial charge in [0.25, 0.3) is 5.91 Å². The van der Waals surface area contributed by atoms with Gasteiger partial charge in [-0.3, -0.25) is 14.9 Å². The van der Waals surface area contributed by atoms with Gasteiger partial charge < -0.3 is 0 Å². The van der Waals surface area contributed by atoms with Crippen molar-refractivity contribution in [1.82, 2.24) is 15.2 Å². The fourth-order valence-electron chi connectivity index (χ4n) is 1.29. The topological polar surface area (TPSA) is 72.9 Å². The number of amides is 1. The first kappa shape index (κ1) is 8.71. The van der Waals surface area contributed by atoms with Crippen molar-refractivity contribution in [1.29, 1.82) is 0 Å². The predicted molar refractivity (Wildman–Crippen MR) is 52.1 cm³/mol. The van der Waals surface area contributed by atoms with Crippen molar-refractivity contribution >= 4 is 16.8 Å². The molecular weight excluding hydrogens is 180 g/mol. The Labute approximate surface area is 80.5 Å². The first-order valence-corrected chi connectivity index (χ1v) is 4.21. The number of nitrogens with two attached hydrogens (primary N) is 1.